The van der Waals surface area contributed by atoms with Crippen LogP contribution in [-0.4, -0.2) is 23.3 Å². The maximum Gasteiger partial charge on any atom is 0.141 e. The molecule has 0 aromatic carbocycles. The molecule has 4 heteroatoms. The molecule has 1 N–H and O–H groups in total. The summed E-state index contributed by atoms with van der Waals surface area (Å²) in [4.78, 5) is 3.97. The molecule has 1 aromatic rings. The van der Waals surface area contributed by atoms with Gasteiger partial charge in [-0.3, -0.25) is 4.98 Å². The van der Waals surface area contributed by atoms with Gasteiger partial charge in [-0.25, -0.2) is 0 Å². The molecule has 0 aliphatic rings. The molecule has 0 saturated carbocycles. The second-order valence-corrected chi connectivity index (χ2v) is 3.71. The highest BCUT2D eigenvalue weighted by molar-refractivity contribution is 9.10. The van der Waals surface area contributed by atoms with Crippen LogP contribution in [0, 0.1) is 0 Å². The second kappa shape index (κ2) is 4.58. The zero-order valence-electron chi connectivity index (χ0n) is 7.62. The number of pyridine rings is 1. The van der Waals surface area contributed by atoms with Gasteiger partial charge in [-0.1, -0.05) is 0 Å². The monoisotopic (exact) mass is 245 g/mol. The number of aliphatic hydroxyl groups is 1. The van der Waals surface area contributed by atoms with Crippen molar-refractivity contribution in [2.24, 2.45) is 0 Å². The molecule has 0 aliphatic carbocycles. The Bertz CT molecular complexity index is 289. The number of ether oxygens (including phenoxy) is 1. The Kier molecular flexibility index (Phi) is 3.69. The first-order chi connectivity index (χ1) is 6.15. The van der Waals surface area contributed by atoms with Gasteiger partial charge in [0.2, 0.25) is 0 Å². The number of halogens is 1. The minimum Gasteiger partial charge on any atom is -0.495 e. The molecular formula is C9H12BrNO2. The topological polar surface area (TPSA) is 42.4 Å². The molecule has 0 fully saturated rings. The van der Waals surface area contributed by atoms with Gasteiger partial charge in [0.15, 0.2) is 0 Å². The molecule has 1 atom stereocenters. The molecule has 72 valence electrons. The summed E-state index contributed by atoms with van der Waals surface area (Å²) in [6.45, 7) is 1.74. The van der Waals surface area contributed by atoms with Gasteiger partial charge in [0.25, 0.3) is 0 Å². The predicted octanol–water partition coefficient (Wildman–Crippen LogP) is 1.78. The number of aromatic nitrogens is 1. The van der Waals surface area contributed by atoms with E-state index in [9.17, 15) is 5.11 Å². The minimum absolute atomic E-state index is 0.382. The molecule has 0 amide bonds. The smallest absolute Gasteiger partial charge is 0.141 e. The van der Waals surface area contributed by atoms with Crippen LogP contribution in [0.3, 0.4) is 0 Å². The number of aliphatic hydroxyl groups excluding tert-OH is 1. The average Bonchev–Trinajstić information content (AvgIpc) is 2.08. The van der Waals surface area contributed by atoms with Crippen molar-refractivity contribution in [2.45, 2.75) is 19.4 Å². The van der Waals surface area contributed by atoms with Crippen molar-refractivity contribution in [3.05, 3.63) is 22.4 Å². The van der Waals surface area contributed by atoms with E-state index in [2.05, 4.69) is 20.9 Å². The summed E-state index contributed by atoms with van der Waals surface area (Å²) in [5.74, 6) is 0.704. The van der Waals surface area contributed by atoms with Crippen LogP contribution in [0.1, 0.15) is 12.5 Å². The molecule has 13 heavy (non-hydrogen) atoms. The lowest BCUT2D eigenvalue weighted by atomic mass is 10.1. The van der Waals surface area contributed by atoms with Crippen molar-refractivity contribution in [1.82, 2.24) is 4.98 Å². The molecule has 1 aromatic heterocycles. The molecule has 0 unspecified atom stereocenters. The van der Waals surface area contributed by atoms with Crippen LogP contribution in [0.4, 0.5) is 0 Å². The summed E-state index contributed by atoms with van der Waals surface area (Å²) in [5, 5.41) is 9.25. The lowest BCUT2D eigenvalue weighted by molar-refractivity contribution is 0.194. The van der Waals surface area contributed by atoms with E-state index in [1.807, 2.05) is 0 Å². The van der Waals surface area contributed by atoms with E-state index in [-0.39, 0.29) is 6.10 Å². The highest BCUT2D eigenvalue weighted by atomic mass is 79.9. The van der Waals surface area contributed by atoms with Gasteiger partial charge in [0, 0.05) is 22.7 Å². The molecule has 3 nitrogen and oxygen atoms in total. The van der Waals surface area contributed by atoms with E-state index >= 15 is 0 Å². The molecule has 0 bridgehead atoms. The number of methoxy groups -OCH3 is 1. The van der Waals surface area contributed by atoms with Crippen LogP contribution in [0.15, 0.2) is 16.9 Å². The maximum atomic E-state index is 9.25. The first-order valence-electron chi connectivity index (χ1n) is 3.99. The average molecular weight is 246 g/mol. The summed E-state index contributed by atoms with van der Waals surface area (Å²) in [6.07, 6.45) is 3.52. The van der Waals surface area contributed by atoms with Gasteiger partial charge >= 0.3 is 0 Å². The third-order valence-corrected chi connectivity index (χ3v) is 2.37. The van der Waals surface area contributed by atoms with Crippen molar-refractivity contribution in [2.75, 3.05) is 7.11 Å². The van der Waals surface area contributed by atoms with Crippen molar-refractivity contribution in [3.8, 4) is 5.75 Å². The number of nitrogens with zero attached hydrogens (tertiary/aromatic N) is 1. The Morgan fingerprint density at radius 3 is 2.85 bits per heavy atom. The fourth-order valence-electron chi connectivity index (χ4n) is 1.11. The maximum absolute atomic E-state index is 9.25. The summed E-state index contributed by atoms with van der Waals surface area (Å²) in [6, 6.07) is 0. The zero-order valence-corrected chi connectivity index (χ0v) is 9.21. The fraction of sp³-hybridized carbons (Fsp3) is 0.444. The quantitative estimate of drug-likeness (QED) is 0.883. The Morgan fingerprint density at radius 2 is 2.31 bits per heavy atom. The van der Waals surface area contributed by atoms with E-state index < -0.39 is 0 Å². The van der Waals surface area contributed by atoms with Gasteiger partial charge in [0.05, 0.1) is 19.4 Å². The van der Waals surface area contributed by atoms with Crippen LogP contribution in [0.25, 0.3) is 0 Å². The molecule has 1 heterocycles. The van der Waals surface area contributed by atoms with Gasteiger partial charge in [-0.15, -0.1) is 0 Å². The number of rotatable bonds is 3. The van der Waals surface area contributed by atoms with Crippen LogP contribution in [-0.2, 0) is 6.42 Å². The van der Waals surface area contributed by atoms with E-state index in [1.165, 1.54) is 0 Å². The van der Waals surface area contributed by atoms with Gasteiger partial charge in [0.1, 0.15) is 5.75 Å². The molecule has 0 radical (unpaired) electrons. The highest BCUT2D eigenvalue weighted by Gasteiger charge is 2.09. The number of hydrogen-bond acceptors (Lipinski definition) is 3. The van der Waals surface area contributed by atoms with Crippen LogP contribution < -0.4 is 4.74 Å². The summed E-state index contributed by atoms with van der Waals surface area (Å²) in [5.41, 5.74) is 0.951. The van der Waals surface area contributed by atoms with Gasteiger partial charge in [-0.05, 0) is 22.9 Å². The largest absolute Gasteiger partial charge is 0.495 e. The first-order valence-corrected chi connectivity index (χ1v) is 4.79. The third-order valence-electron chi connectivity index (χ3n) is 1.68. The molecule has 0 aliphatic heterocycles. The molecular weight excluding hydrogens is 234 g/mol. The Morgan fingerprint density at radius 1 is 1.62 bits per heavy atom. The summed E-state index contributed by atoms with van der Waals surface area (Å²) >= 11 is 3.36. The van der Waals surface area contributed by atoms with Crippen LogP contribution in [0.5, 0.6) is 5.75 Å². The van der Waals surface area contributed by atoms with Crippen LogP contribution in [0.2, 0.25) is 0 Å². The first kappa shape index (κ1) is 10.5. The highest BCUT2D eigenvalue weighted by Crippen LogP contribution is 2.26. The Balaban J connectivity index is 3.00. The SMILES string of the molecule is COc1cncc(Br)c1C[C@H](C)O. The lowest BCUT2D eigenvalue weighted by Crippen LogP contribution is -2.06. The summed E-state index contributed by atoms with van der Waals surface area (Å²) in [7, 11) is 1.59. The normalized spacial score (nSPS) is 12.6. The van der Waals surface area contributed by atoms with Gasteiger partial charge in [-0.2, -0.15) is 0 Å². The second-order valence-electron chi connectivity index (χ2n) is 2.86. The van der Waals surface area contributed by atoms with E-state index in [0.717, 1.165) is 10.0 Å². The van der Waals surface area contributed by atoms with Crippen molar-refractivity contribution in [3.63, 3.8) is 0 Å². The molecule has 0 saturated heterocycles. The van der Waals surface area contributed by atoms with Crippen molar-refractivity contribution < 1.29 is 9.84 Å². The Labute approximate surface area is 85.9 Å². The zero-order chi connectivity index (χ0) is 9.84. The lowest BCUT2D eigenvalue weighted by Gasteiger charge is -2.10. The predicted molar refractivity (Wildman–Crippen MR) is 53.9 cm³/mol. The molecule has 1 rings (SSSR count). The van der Waals surface area contributed by atoms with Gasteiger partial charge < -0.3 is 9.84 Å². The van der Waals surface area contributed by atoms with E-state index in [0.29, 0.717) is 12.2 Å². The summed E-state index contributed by atoms with van der Waals surface area (Å²) < 4.78 is 5.99. The van der Waals surface area contributed by atoms with Crippen molar-refractivity contribution in [1.29, 1.82) is 0 Å². The van der Waals surface area contributed by atoms with Crippen molar-refractivity contribution >= 4 is 15.9 Å². The third kappa shape index (κ3) is 2.67. The number of hydrogen-bond donors (Lipinski definition) is 1. The van der Waals surface area contributed by atoms with E-state index in [1.54, 1.807) is 26.4 Å². The fourth-order valence-corrected chi connectivity index (χ4v) is 1.59. The van der Waals surface area contributed by atoms with Crippen LogP contribution >= 0.6 is 15.9 Å². The minimum atomic E-state index is -0.382. The Hall–Kier alpha value is -0.610. The molecule has 0 spiro atoms. The standard InChI is InChI=1S/C9H12BrNO2/c1-6(12)3-7-8(10)4-11-5-9(7)13-2/h4-6,12H,3H2,1-2H3/t6-/m0/s1. The van der Waals surface area contributed by atoms with E-state index in [4.69, 9.17) is 4.74 Å².